The van der Waals surface area contributed by atoms with Crippen LogP contribution in [0.25, 0.3) is 0 Å². The SMILES string of the molecule is CCC(CC)(CNC(=O)c1cn(CCN)cn1)SC. The predicted molar refractivity (Wildman–Crippen MR) is 80.4 cm³/mol. The maximum absolute atomic E-state index is 12.0. The first kappa shape index (κ1) is 16.0. The number of thioether (sulfide) groups is 1. The van der Waals surface area contributed by atoms with E-state index in [1.54, 1.807) is 12.5 Å². The average molecular weight is 284 g/mol. The van der Waals surface area contributed by atoms with E-state index in [-0.39, 0.29) is 10.7 Å². The number of imidazole rings is 1. The van der Waals surface area contributed by atoms with Crippen LogP contribution in [0.3, 0.4) is 0 Å². The molecule has 0 aliphatic rings. The maximum Gasteiger partial charge on any atom is 0.271 e. The topological polar surface area (TPSA) is 72.9 Å². The van der Waals surface area contributed by atoms with Crippen molar-refractivity contribution in [2.45, 2.75) is 38.0 Å². The Morgan fingerprint density at radius 1 is 1.53 bits per heavy atom. The predicted octanol–water partition coefficient (Wildman–Crippen LogP) is 1.49. The van der Waals surface area contributed by atoms with Crippen molar-refractivity contribution in [2.24, 2.45) is 5.73 Å². The van der Waals surface area contributed by atoms with E-state index < -0.39 is 0 Å². The van der Waals surface area contributed by atoms with Gasteiger partial charge >= 0.3 is 0 Å². The molecular formula is C13H24N4OS. The number of hydrogen-bond acceptors (Lipinski definition) is 4. The monoisotopic (exact) mass is 284 g/mol. The van der Waals surface area contributed by atoms with E-state index in [0.29, 0.717) is 25.3 Å². The molecule has 0 spiro atoms. The van der Waals surface area contributed by atoms with Crippen LogP contribution in [0.5, 0.6) is 0 Å². The Kier molecular flexibility index (Phi) is 6.37. The van der Waals surface area contributed by atoms with Gasteiger partial charge in [0, 0.05) is 30.6 Å². The molecule has 0 atom stereocenters. The van der Waals surface area contributed by atoms with Crippen molar-refractivity contribution < 1.29 is 4.79 Å². The first-order valence-corrected chi connectivity index (χ1v) is 7.88. The van der Waals surface area contributed by atoms with Crippen molar-refractivity contribution in [3.8, 4) is 0 Å². The zero-order chi connectivity index (χ0) is 14.3. The van der Waals surface area contributed by atoms with Gasteiger partial charge in [-0.3, -0.25) is 4.79 Å². The Balaban J connectivity index is 2.58. The van der Waals surface area contributed by atoms with Gasteiger partial charge in [0.2, 0.25) is 0 Å². The van der Waals surface area contributed by atoms with Gasteiger partial charge in [-0.05, 0) is 19.1 Å². The second kappa shape index (κ2) is 7.55. The summed E-state index contributed by atoms with van der Waals surface area (Å²) in [5, 5.41) is 2.98. The summed E-state index contributed by atoms with van der Waals surface area (Å²) >= 11 is 1.81. The smallest absolute Gasteiger partial charge is 0.271 e. The average Bonchev–Trinajstić information content (AvgIpc) is 2.90. The minimum Gasteiger partial charge on any atom is -0.349 e. The third-order valence-corrected chi connectivity index (χ3v) is 5.13. The van der Waals surface area contributed by atoms with Gasteiger partial charge in [-0.2, -0.15) is 11.8 Å². The van der Waals surface area contributed by atoms with Crippen molar-refractivity contribution >= 4 is 17.7 Å². The molecule has 1 aromatic heterocycles. The van der Waals surface area contributed by atoms with Crippen LogP contribution in [-0.4, -0.2) is 39.6 Å². The summed E-state index contributed by atoms with van der Waals surface area (Å²) in [6, 6.07) is 0. The number of rotatable bonds is 8. The third-order valence-electron chi connectivity index (χ3n) is 3.55. The highest BCUT2D eigenvalue weighted by Crippen LogP contribution is 2.29. The molecule has 1 heterocycles. The molecule has 108 valence electrons. The Hall–Kier alpha value is -1.01. The molecule has 0 aromatic carbocycles. The van der Waals surface area contributed by atoms with Crippen LogP contribution in [0.15, 0.2) is 12.5 Å². The highest BCUT2D eigenvalue weighted by Gasteiger charge is 2.25. The lowest BCUT2D eigenvalue weighted by Gasteiger charge is -2.29. The zero-order valence-electron chi connectivity index (χ0n) is 12.0. The summed E-state index contributed by atoms with van der Waals surface area (Å²) in [5.74, 6) is -0.115. The number of nitrogens with two attached hydrogens (primary N) is 1. The standard InChI is InChI=1S/C13H24N4OS/c1-4-13(5-2,19-3)9-15-12(18)11-8-17(7-6-14)10-16-11/h8,10H,4-7,9,14H2,1-3H3,(H,15,18). The van der Waals surface area contributed by atoms with Crippen LogP contribution in [0.2, 0.25) is 0 Å². The summed E-state index contributed by atoms with van der Waals surface area (Å²) < 4.78 is 1.95. The molecule has 6 heteroatoms. The van der Waals surface area contributed by atoms with E-state index in [1.165, 1.54) is 0 Å². The van der Waals surface area contributed by atoms with Gasteiger partial charge in [0.25, 0.3) is 5.91 Å². The Morgan fingerprint density at radius 2 is 2.21 bits per heavy atom. The van der Waals surface area contributed by atoms with Crippen LogP contribution >= 0.6 is 11.8 Å². The van der Waals surface area contributed by atoms with Crippen LogP contribution in [0.4, 0.5) is 0 Å². The Labute approximate surface area is 119 Å². The highest BCUT2D eigenvalue weighted by atomic mass is 32.2. The van der Waals surface area contributed by atoms with E-state index >= 15 is 0 Å². The van der Waals surface area contributed by atoms with Crippen molar-refractivity contribution in [2.75, 3.05) is 19.3 Å². The van der Waals surface area contributed by atoms with Crippen molar-refractivity contribution in [3.05, 3.63) is 18.2 Å². The second-order valence-corrected chi connectivity index (χ2v) is 5.84. The summed E-state index contributed by atoms with van der Waals surface area (Å²) in [7, 11) is 0. The summed E-state index contributed by atoms with van der Waals surface area (Å²) in [5.41, 5.74) is 5.92. The fourth-order valence-corrected chi connectivity index (χ4v) is 2.74. The fourth-order valence-electron chi connectivity index (χ4n) is 1.94. The van der Waals surface area contributed by atoms with Gasteiger partial charge in [-0.1, -0.05) is 13.8 Å². The molecule has 0 radical (unpaired) electrons. The molecule has 1 aromatic rings. The molecule has 0 fully saturated rings. The molecule has 0 saturated heterocycles. The number of aromatic nitrogens is 2. The molecule has 3 N–H and O–H groups in total. The molecule has 1 amide bonds. The molecule has 0 saturated carbocycles. The maximum atomic E-state index is 12.0. The van der Waals surface area contributed by atoms with Gasteiger partial charge in [-0.25, -0.2) is 4.98 Å². The molecule has 0 aliphatic heterocycles. The van der Waals surface area contributed by atoms with Gasteiger partial charge in [-0.15, -0.1) is 0 Å². The minimum absolute atomic E-state index is 0.115. The van der Waals surface area contributed by atoms with Crippen LogP contribution in [0, 0.1) is 0 Å². The molecule has 0 unspecified atom stereocenters. The number of nitrogens with one attached hydrogen (secondary N) is 1. The number of hydrogen-bond donors (Lipinski definition) is 2. The lowest BCUT2D eigenvalue weighted by molar-refractivity contribution is 0.0944. The van der Waals surface area contributed by atoms with Crippen LogP contribution in [-0.2, 0) is 6.54 Å². The van der Waals surface area contributed by atoms with Gasteiger partial charge in [0.1, 0.15) is 5.69 Å². The Morgan fingerprint density at radius 3 is 2.74 bits per heavy atom. The highest BCUT2D eigenvalue weighted by molar-refractivity contribution is 8.00. The van der Waals surface area contributed by atoms with E-state index in [0.717, 1.165) is 12.8 Å². The van der Waals surface area contributed by atoms with Crippen LogP contribution in [0.1, 0.15) is 37.2 Å². The second-order valence-electron chi connectivity index (χ2n) is 4.56. The lowest BCUT2D eigenvalue weighted by Crippen LogP contribution is -2.39. The normalized spacial score (nSPS) is 11.6. The number of carbonyl (C=O) groups excluding carboxylic acids is 1. The first-order chi connectivity index (χ1) is 9.10. The first-order valence-electron chi connectivity index (χ1n) is 6.66. The summed E-state index contributed by atoms with van der Waals surface area (Å²) in [4.78, 5) is 16.1. The Bertz CT molecular complexity index is 393. The van der Waals surface area contributed by atoms with Crippen molar-refractivity contribution in [1.82, 2.24) is 14.9 Å². The number of amides is 1. The van der Waals surface area contributed by atoms with E-state index in [2.05, 4.69) is 30.4 Å². The summed E-state index contributed by atoms with van der Waals surface area (Å²) in [6.45, 7) is 6.20. The largest absolute Gasteiger partial charge is 0.349 e. The lowest BCUT2D eigenvalue weighted by atomic mass is 10.0. The van der Waals surface area contributed by atoms with Gasteiger partial charge in [0.05, 0.1) is 6.33 Å². The fraction of sp³-hybridized carbons (Fsp3) is 0.692. The van der Waals surface area contributed by atoms with Gasteiger partial charge < -0.3 is 15.6 Å². The zero-order valence-corrected chi connectivity index (χ0v) is 12.8. The number of nitrogens with zero attached hydrogens (tertiary/aromatic N) is 2. The quantitative estimate of drug-likeness (QED) is 0.758. The van der Waals surface area contributed by atoms with E-state index in [9.17, 15) is 4.79 Å². The molecule has 5 nitrogen and oxygen atoms in total. The minimum atomic E-state index is -0.115. The molecule has 19 heavy (non-hydrogen) atoms. The van der Waals surface area contributed by atoms with Gasteiger partial charge in [0.15, 0.2) is 0 Å². The van der Waals surface area contributed by atoms with E-state index in [1.807, 2.05) is 16.3 Å². The third kappa shape index (κ3) is 4.24. The molecule has 1 rings (SSSR count). The molecule has 0 aliphatic carbocycles. The molecule has 0 bridgehead atoms. The van der Waals surface area contributed by atoms with Crippen LogP contribution < -0.4 is 11.1 Å². The van der Waals surface area contributed by atoms with E-state index in [4.69, 9.17) is 5.73 Å². The molecular weight excluding hydrogens is 260 g/mol. The van der Waals surface area contributed by atoms with Crippen molar-refractivity contribution in [1.29, 1.82) is 0 Å². The van der Waals surface area contributed by atoms with Crippen molar-refractivity contribution in [3.63, 3.8) is 0 Å². The summed E-state index contributed by atoms with van der Waals surface area (Å²) in [6.07, 6.45) is 7.54. The number of carbonyl (C=O) groups is 1.